The first-order valence-corrected chi connectivity index (χ1v) is 10.2. The Morgan fingerprint density at radius 1 is 1.31 bits per heavy atom. The predicted molar refractivity (Wildman–Crippen MR) is 108 cm³/mol. The molecule has 0 spiro atoms. The number of aliphatic imine (C=N–C) groups is 1. The highest BCUT2D eigenvalue weighted by Gasteiger charge is 2.21. The van der Waals surface area contributed by atoms with Crippen molar-refractivity contribution < 1.29 is 4.79 Å². The first kappa shape index (κ1) is 20.6. The van der Waals surface area contributed by atoms with E-state index in [1.807, 2.05) is 13.8 Å². The molecule has 1 saturated heterocycles. The molecule has 0 atom stereocenters. The van der Waals surface area contributed by atoms with Gasteiger partial charge in [0, 0.05) is 37.6 Å². The third kappa shape index (κ3) is 6.57. The monoisotopic (exact) mass is 380 g/mol. The Kier molecular flexibility index (Phi) is 8.31. The molecule has 26 heavy (non-hydrogen) atoms. The lowest BCUT2D eigenvalue weighted by Gasteiger charge is -2.32. The maximum Gasteiger partial charge on any atom is 0.234 e. The Morgan fingerprint density at radius 2 is 2.04 bits per heavy atom. The summed E-state index contributed by atoms with van der Waals surface area (Å²) in [5.41, 5.74) is 1.09. The third-order valence-corrected chi connectivity index (χ3v) is 5.58. The Morgan fingerprint density at radius 3 is 2.62 bits per heavy atom. The van der Waals surface area contributed by atoms with E-state index in [-0.39, 0.29) is 5.91 Å². The zero-order valence-electron chi connectivity index (χ0n) is 16.4. The van der Waals surface area contributed by atoms with Crippen molar-refractivity contribution in [2.45, 2.75) is 52.6 Å². The van der Waals surface area contributed by atoms with Crippen LogP contribution in [0, 0.1) is 13.8 Å². The summed E-state index contributed by atoms with van der Waals surface area (Å²) >= 11 is 1.72. The Balaban J connectivity index is 1.71. The van der Waals surface area contributed by atoms with E-state index in [2.05, 4.69) is 37.8 Å². The quantitative estimate of drug-likeness (QED) is 0.492. The van der Waals surface area contributed by atoms with Gasteiger partial charge in [-0.1, -0.05) is 6.92 Å². The van der Waals surface area contributed by atoms with Crippen LogP contribution in [-0.4, -0.2) is 61.0 Å². The first-order chi connectivity index (χ1) is 12.5. The number of hydrogen-bond donors (Lipinski definition) is 3. The van der Waals surface area contributed by atoms with E-state index in [1.165, 1.54) is 4.88 Å². The second-order valence-electron chi connectivity index (χ2n) is 6.71. The van der Waals surface area contributed by atoms with Crippen LogP contribution in [0.3, 0.4) is 0 Å². The van der Waals surface area contributed by atoms with Crippen LogP contribution in [0.25, 0.3) is 0 Å². The van der Waals surface area contributed by atoms with Crippen LogP contribution in [0.15, 0.2) is 4.99 Å². The van der Waals surface area contributed by atoms with Gasteiger partial charge >= 0.3 is 0 Å². The van der Waals surface area contributed by atoms with Crippen LogP contribution in [-0.2, 0) is 11.3 Å². The number of aromatic nitrogens is 1. The van der Waals surface area contributed by atoms with Gasteiger partial charge in [0.05, 0.1) is 23.8 Å². The molecule has 7 nitrogen and oxygen atoms in total. The minimum absolute atomic E-state index is 0.131. The van der Waals surface area contributed by atoms with Crippen molar-refractivity contribution in [3.8, 4) is 0 Å². The summed E-state index contributed by atoms with van der Waals surface area (Å²) in [6.45, 7) is 10.0. The van der Waals surface area contributed by atoms with Crippen LogP contribution in [0.4, 0.5) is 0 Å². The molecular weight excluding hydrogens is 348 g/mol. The predicted octanol–water partition coefficient (Wildman–Crippen LogP) is 1.42. The molecule has 1 fully saturated rings. The lowest BCUT2D eigenvalue weighted by molar-refractivity contribution is -0.122. The maximum absolute atomic E-state index is 11.8. The number of carbonyl (C=O) groups excluding carboxylic acids is 1. The maximum atomic E-state index is 11.8. The van der Waals surface area contributed by atoms with Gasteiger partial charge < -0.3 is 16.0 Å². The first-order valence-electron chi connectivity index (χ1n) is 9.41. The van der Waals surface area contributed by atoms with Crippen LogP contribution in [0.2, 0.25) is 0 Å². The average Bonchev–Trinajstić information content (AvgIpc) is 2.95. The second kappa shape index (κ2) is 10.5. The molecule has 2 rings (SSSR count). The zero-order valence-corrected chi connectivity index (χ0v) is 17.2. The van der Waals surface area contributed by atoms with Crippen molar-refractivity contribution in [1.82, 2.24) is 25.8 Å². The molecule has 0 bridgehead atoms. The molecular formula is C18H32N6OS. The molecule has 0 unspecified atom stereocenters. The Hall–Kier alpha value is -1.67. The van der Waals surface area contributed by atoms with E-state index in [0.717, 1.165) is 62.1 Å². The fourth-order valence-corrected chi connectivity index (χ4v) is 3.93. The molecule has 1 amide bonds. The highest BCUT2D eigenvalue weighted by atomic mass is 32.1. The smallest absolute Gasteiger partial charge is 0.234 e. The summed E-state index contributed by atoms with van der Waals surface area (Å²) < 4.78 is 0. The number of guanidine groups is 1. The van der Waals surface area contributed by atoms with Crippen molar-refractivity contribution in [2.24, 2.45) is 4.99 Å². The van der Waals surface area contributed by atoms with Crippen molar-refractivity contribution in [3.05, 3.63) is 15.6 Å². The highest BCUT2D eigenvalue weighted by Crippen LogP contribution is 2.16. The molecule has 2 heterocycles. The van der Waals surface area contributed by atoms with Gasteiger partial charge in [0.25, 0.3) is 0 Å². The van der Waals surface area contributed by atoms with Gasteiger partial charge in [0.2, 0.25) is 5.91 Å². The summed E-state index contributed by atoms with van der Waals surface area (Å²) in [5, 5.41) is 10.9. The van der Waals surface area contributed by atoms with Gasteiger partial charge in [-0.2, -0.15) is 0 Å². The number of rotatable bonds is 7. The van der Waals surface area contributed by atoms with Gasteiger partial charge in [-0.25, -0.2) is 4.98 Å². The second-order valence-corrected chi connectivity index (χ2v) is 8.00. The molecule has 1 aliphatic heterocycles. The van der Waals surface area contributed by atoms with Crippen LogP contribution < -0.4 is 16.0 Å². The summed E-state index contributed by atoms with van der Waals surface area (Å²) in [7, 11) is 1.80. The fourth-order valence-electron chi connectivity index (χ4n) is 3.05. The van der Waals surface area contributed by atoms with Crippen LogP contribution in [0.5, 0.6) is 0 Å². The fraction of sp³-hybridized carbons (Fsp3) is 0.722. The van der Waals surface area contributed by atoms with E-state index in [1.54, 1.807) is 18.4 Å². The van der Waals surface area contributed by atoms with E-state index in [9.17, 15) is 4.79 Å². The van der Waals surface area contributed by atoms with Gasteiger partial charge in [-0.05, 0) is 33.1 Å². The van der Waals surface area contributed by atoms with Crippen molar-refractivity contribution in [3.63, 3.8) is 0 Å². The van der Waals surface area contributed by atoms with Crippen molar-refractivity contribution in [2.75, 3.05) is 33.2 Å². The molecule has 3 N–H and O–H groups in total. The minimum Gasteiger partial charge on any atom is -0.355 e. The number of aryl methyl sites for hydroxylation is 2. The van der Waals surface area contributed by atoms with Gasteiger partial charge in [0.1, 0.15) is 0 Å². The number of likely N-dealkylation sites (tertiary alicyclic amines) is 1. The average molecular weight is 381 g/mol. The lowest BCUT2D eigenvalue weighted by Crippen LogP contribution is -2.50. The summed E-state index contributed by atoms with van der Waals surface area (Å²) in [6, 6.07) is 0.389. The van der Waals surface area contributed by atoms with E-state index in [4.69, 9.17) is 0 Å². The lowest BCUT2D eigenvalue weighted by atomic mass is 10.1. The van der Waals surface area contributed by atoms with Gasteiger partial charge in [-0.15, -0.1) is 11.3 Å². The molecule has 1 aromatic rings. The molecule has 8 heteroatoms. The summed E-state index contributed by atoms with van der Waals surface area (Å²) in [6.07, 6.45) is 3.01. The Labute approximate surface area is 160 Å². The topological polar surface area (TPSA) is 81.7 Å². The van der Waals surface area contributed by atoms with Crippen molar-refractivity contribution >= 4 is 23.2 Å². The molecule has 0 saturated carbocycles. The molecule has 146 valence electrons. The molecule has 0 radical (unpaired) electrons. The number of nitrogens with one attached hydrogen (secondary N) is 3. The van der Waals surface area contributed by atoms with Gasteiger partial charge in [-0.3, -0.25) is 14.7 Å². The molecule has 1 aliphatic rings. The third-order valence-electron chi connectivity index (χ3n) is 4.51. The van der Waals surface area contributed by atoms with E-state index < -0.39 is 0 Å². The molecule has 1 aromatic heterocycles. The standard InChI is InChI=1S/C18H32N6OS/c1-5-8-20-17(25)12-24-9-6-15(7-10-24)23-18(19-4)21-11-16-13(2)22-14(3)26-16/h15H,5-12H2,1-4H3,(H,20,25)(H2,19,21,23). The number of nitrogens with zero attached hydrogens (tertiary/aromatic N) is 3. The normalized spacial score (nSPS) is 16.5. The van der Waals surface area contributed by atoms with E-state index >= 15 is 0 Å². The Bertz CT molecular complexity index is 607. The number of hydrogen-bond acceptors (Lipinski definition) is 5. The highest BCUT2D eigenvalue weighted by molar-refractivity contribution is 7.11. The number of carbonyl (C=O) groups is 1. The zero-order chi connectivity index (χ0) is 18.9. The van der Waals surface area contributed by atoms with Crippen molar-refractivity contribution in [1.29, 1.82) is 0 Å². The largest absolute Gasteiger partial charge is 0.355 e. The van der Waals surface area contributed by atoms with Crippen LogP contribution in [0.1, 0.15) is 41.8 Å². The number of amides is 1. The summed E-state index contributed by atoms with van der Waals surface area (Å²) in [5.74, 6) is 0.959. The van der Waals surface area contributed by atoms with E-state index in [0.29, 0.717) is 12.6 Å². The SMILES string of the molecule is CCCNC(=O)CN1CCC(NC(=NC)NCc2sc(C)nc2C)CC1. The minimum atomic E-state index is 0.131. The summed E-state index contributed by atoms with van der Waals surface area (Å²) in [4.78, 5) is 24.1. The van der Waals surface area contributed by atoms with Crippen LogP contribution >= 0.6 is 11.3 Å². The van der Waals surface area contributed by atoms with Gasteiger partial charge in [0.15, 0.2) is 5.96 Å². The number of piperidine rings is 1. The molecule has 0 aromatic carbocycles. The number of thiazole rings is 1. The molecule has 0 aliphatic carbocycles.